The SMILES string of the molecule is Cc1ncc(CN(C)C(C)c2nc3ccc(Cl)cc3[nH]2)o1. The van der Waals surface area contributed by atoms with Gasteiger partial charge in [-0.2, -0.15) is 0 Å². The fourth-order valence-electron chi connectivity index (χ4n) is 2.27. The molecule has 1 atom stereocenters. The Bertz CT molecular complexity index is 764. The van der Waals surface area contributed by atoms with Crippen LogP contribution in [-0.4, -0.2) is 26.9 Å². The molecular formula is C15H17ClN4O. The lowest BCUT2D eigenvalue weighted by atomic mass is 10.2. The number of H-pyrrole nitrogens is 1. The molecule has 5 nitrogen and oxygen atoms in total. The third-order valence-electron chi connectivity index (χ3n) is 3.59. The summed E-state index contributed by atoms with van der Waals surface area (Å²) in [6.45, 7) is 4.62. The zero-order valence-corrected chi connectivity index (χ0v) is 13.0. The Morgan fingerprint density at radius 2 is 2.24 bits per heavy atom. The summed E-state index contributed by atoms with van der Waals surface area (Å²) in [6.07, 6.45) is 1.76. The molecule has 2 aromatic heterocycles. The van der Waals surface area contributed by atoms with E-state index < -0.39 is 0 Å². The number of fused-ring (bicyclic) bond motifs is 1. The summed E-state index contributed by atoms with van der Waals surface area (Å²) in [5.41, 5.74) is 1.87. The Labute approximate surface area is 128 Å². The molecule has 110 valence electrons. The van der Waals surface area contributed by atoms with Gasteiger partial charge in [0.1, 0.15) is 11.6 Å². The van der Waals surface area contributed by atoms with Crippen molar-refractivity contribution >= 4 is 22.6 Å². The number of aromatic nitrogens is 3. The summed E-state index contributed by atoms with van der Waals surface area (Å²) in [7, 11) is 2.03. The van der Waals surface area contributed by atoms with Gasteiger partial charge in [-0.1, -0.05) is 11.6 Å². The van der Waals surface area contributed by atoms with E-state index in [1.54, 1.807) is 6.20 Å². The summed E-state index contributed by atoms with van der Waals surface area (Å²) >= 11 is 6.00. The van der Waals surface area contributed by atoms with E-state index in [0.717, 1.165) is 22.6 Å². The number of hydrogen-bond acceptors (Lipinski definition) is 4. The predicted molar refractivity (Wildman–Crippen MR) is 82.2 cm³/mol. The Morgan fingerprint density at radius 3 is 2.95 bits per heavy atom. The molecule has 0 saturated heterocycles. The summed E-state index contributed by atoms with van der Waals surface area (Å²) in [4.78, 5) is 14.2. The van der Waals surface area contributed by atoms with Crippen molar-refractivity contribution in [3.8, 4) is 0 Å². The van der Waals surface area contributed by atoms with Crippen molar-refractivity contribution in [2.24, 2.45) is 0 Å². The highest BCUT2D eigenvalue weighted by molar-refractivity contribution is 6.31. The number of aromatic amines is 1. The number of halogens is 1. The van der Waals surface area contributed by atoms with Crippen molar-refractivity contribution in [3.63, 3.8) is 0 Å². The van der Waals surface area contributed by atoms with Crippen LogP contribution < -0.4 is 0 Å². The summed E-state index contributed by atoms with van der Waals surface area (Å²) in [6, 6.07) is 5.78. The van der Waals surface area contributed by atoms with Crippen molar-refractivity contribution in [2.45, 2.75) is 26.4 Å². The Hall–Kier alpha value is -1.85. The minimum Gasteiger partial charge on any atom is -0.445 e. The van der Waals surface area contributed by atoms with Gasteiger partial charge >= 0.3 is 0 Å². The van der Waals surface area contributed by atoms with E-state index in [2.05, 4.69) is 26.8 Å². The van der Waals surface area contributed by atoms with Crippen LogP contribution in [0.15, 0.2) is 28.8 Å². The average molecular weight is 305 g/mol. The molecule has 0 aliphatic carbocycles. The average Bonchev–Trinajstić information content (AvgIpc) is 3.03. The van der Waals surface area contributed by atoms with Crippen LogP contribution in [0.5, 0.6) is 0 Å². The molecule has 6 heteroatoms. The van der Waals surface area contributed by atoms with Gasteiger partial charge < -0.3 is 9.40 Å². The first kappa shape index (κ1) is 14.1. The lowest BCUT2D eigenvalue weighted by Gasteiger charge is -2.21. The highest BCUT2D eigenvalue weighted by Gasteiger charge is 2.17. The van der Waals surface area contributed by atoms with Gasteiger partial charge in [-0.05, 0) is 32.2 Å². The number of hydrogen-bond donors (Lipinski definition) is 1. The normalized spacial score (nSPS) is 13.2. The number of aryl methyl sites for hydroxylation is 1. The molecule has 0 amide bonds. The monoisotopic (exact) mass is 304 g/mol. The van der Waals surface area contributed by atoms with E-state index in [9.17, 15) is 0 Å². The molecule has 2 heterocycles. The smallest absolute Gasteiger partial charge is 0.191 e. The van der Waals surface area contributed by atoms with Gasteiger partial charge in [0.05, 0.1) is 29.8 Å². The van der Waals surface area contributed by atoms with Crippen LogP contribution in [0.2, 0.25) is 5.02 Å². The quantitative estimate of drug-likeness (QED) is 0.798. The Morgan fingerprint density at radius 1 is 1.43 bits per heavy atom. The lowest BCUT2D eigenvalue weighted by Crippen LogP contribution is -2.22. The van der Waals surface area contributed by atoms with Gasteiger partial charge in [-0.15, -0.1) is 0 Å². The highest BCUT2D eigenvalue weighted by atomic mass is 35.5. The van der Waals surface area contributed by atoms with Gasteiger partial charge in [-0.3, -0.25) is 4.90 Å². The van der Waals surface area contributed by atoms with Crippen molar-refractivity contribution in [1.29, 1.82) is 0 Å². The fourth-order valence-corrected chi connectivity index (χ4v) is 2.44. The maximum Gasteiger partial charge on any atom is 0.191 e. The van der Waals surface area contributed by atoms with E-state index in [1.165, 1.54) is 0 Å². The van der Waals surface area contributed by atoms with E-state index in [0.29, 0.717) is 17.5 Å². The molecule has 0 bridgehead atoms. The van der Waals surface area contributed by atoms with Crippen molar-refractivity contribution in [2.75, 3.05) is 7.05 Å². The van der Waals surface area contributed by atoms with Crippen LogP contribution in [0.4, 0.5) is 0 Å². The van der Waals surface area contributed by atoms with Gasteiger partial charge in [0.15, 0.2) is 5.89 Å². The summed E-state index contributed by atoms with van der Waals surface area (Å²) in [5, 5.41) is 0.704. The van der Waals surface area contributed by atoms with Gasteiger partial charge in [0.2, 0.25) is 0 Å². The number of imidazole rings is 1. The third kappa shape index (κ3) is 2.94. The van der Waals surface area contributed by atoms with Crippen LogP contribution in [0.3, 0.4) is 0 Å². The molecular weight excluding hydrogens is 288 g/mol. The minimum atomic E-state index is 0.126. The second kappa shape index (κ2) is 5.50. The minimum absolute atomic E-state index is 0.126. The molecule has 1 N–H and O–H groups in total. The number of nitrogens with one attached hydrogen (secondary N) is 1. The molecule has 3 aromatic rings. The molecule has 0 aliphatic heterocycles. The Kier molecular flexibility index (Phi) is 3.69. The molecule has 0 spiro atoms. The first-order chi connectivity index (χ1) is 10.0. The number of nitrogens with zero attached hydrogens (tertiary/aromatic N) is 3. The number of rotatable bonds is 4. The second-order valence-electron chi connectivity index (χ2n) is 5.22. The molecule has 3 rings (SSSR count). The number of benzene rings is 1. The third-order valence-corrected chi connectivity index (χ3v) is 3.83. The first-order valence-electron chi connectivity index (χ1n) is 6.79. The number of oxazole rings is 1. The van der Waals surface area contributed by atoms with Crippen LogP contribution in [0.1, 0.15) is 30.4 Å². The predicted octanol–water partition coefficient (Wildman–Crippen LogP) is 3.71. The molecule has 1 unspecified atom stereocenters. The molecule has 21 heavy (non-hydrogen) atoms. The van der Waals surface area contributed by atoms with Crippen LogP contribution in [-0.2, 0) is 6.54 Å². The maximum atomic E-state index is 6.00. The highest BCUT2D eigenvalue weighted by Crippen LogP contribution is 2.23. The van der Waals surface area contributed by atoms with Crippen LogP contribution in [0.25, 0.3) is 11.0 Å². The summed E-state index contributed by atoms with van der Waals surface area (Å²) in [5.74, 6) is 2.44. The molecule has 0 radical (unpaired) electrons. The fraction of sp³-hybridized carbons (Fsp3) is 0.333. The zero-order valence-electron chi connectivity index (χ0n) is 12.2. The van der Waals surface area contributed by atoms with Crippen LogP contribution in [0, 0.1) is 6.92 Å². The van der Waals surface area contributed by atoms with E-state index in [-0.39, 0.29) is 6.04 Å². The zero-order chi connectivity index (χ0) is 15.0. The molecule has 1 aromatic carbocycles. The van der Waals surface area contributed by atoms with Crippen molar-refractivity contribution in [3.05, 3.63) is 46.9 Å². The largest absolute Gasteiger partial charge is 0.445 e. The van der Waals surface area contributed by atoms with Gasteiger partial charge in [0.25, 0.3) is 0 Å². The first-order valence-corrected chi connectivity index (χ1v) is 7.17. The van der Waals surface area contributed by atoms with Gasteiger partial charge in [0, 0.05) is 11.9 Å². The standard InChI is InChI=1S/C15H17ClN4O/c1-9(20(3)8-12-7-17-10(2)21-12)15-18-13-5-4-11(16)6-14(13)19-15/h4-7,9H,8H2,1-3H3,(H,18,19). The lowest BCUT2D eigenvalue weighted by molar-refractivity contribution is 0.224. The molecule has 0 aliphatic rings. The Balaban J connectivity index is 1.80. The summed E-state index contributed by atoms with van der Waals surface area (Å²) < 4.78 is 5.51. The molecule has 0 fully saturated rings. The molecule has 0 saturated carbocycles. The second-order valence-corrected chi connectivity index (χ2v) is 5.66. The van der Waals surface area contributed by atoms with E-state index in [4.69, 9.17) is 16.0 Å². The van der Waals surface area contributed by atoms with Crippen molar-refractivity contribution < 1.29 is 4.42 Å². The van der Waals surface area contributed by atoms with Gasteiger partial charge in [-0.25, -0.2) is 9.97 Å². The van der Waals surface area contributed by atoms with Crippen molar-refractivity contribution in [1.82, 2.24) is 19.9 Å². The topological polar surface area (TPSA) is 58.0 Å². The maximum absolute atomic E-state index is 6.00. The van der Waals surface area contributed by atoms with Crippen LogP contribution >= 0.6 is 11.6 Å². The van der Waals surface area contributed by atoms with E-state index >= 15 is 0 Å². The van der Waals surface area contributed by atoms with E-state index in [1.807, 2.05) is 32.2 Å².